The molecular formula is C31H56N2O9. The smallest absolute Gasteiger partial charge is 0.253 e. The van der Waals surface area contributed by atoms with E-state index in [0.717, 1.165) is 16.8 Å². The molecule has 0 saturated heterocycles. The van der Waals surface area contributed by atoms with Crippen molar-refractivity contribution in [1.82, 2.24) is 0 Å². The van der Waals surface area contributed by atoms with Gasteiger partial charge in [0.25, 0.3) is 5.91 Å². The van der Waals surface area contributed by atoms with Crippen LogP contribution in [-0.4, -0.2) is 72.6 Å². The summed E-state index contributed by atoms with van der Waals surface area (Å²) in [5.41, 5.74) is 9.49. The molecule has 0 fully saturated rings. The number of hydrogen-bond acceptors (Lipinski definition) is 11. The maximum Gasteiger partial charge on any atom is 0.253 e. The molecule has 4 N–H and O–H groups in total. The van der Waals surface area contributed by atoms with Crippen LogP contribution in [0.25, 0.3) is 0 Å². The lowest BCUT2D eigenvalue weighted by Crippen LogP contribution is -2.64. The molecule has 11 heteroatoms. The van der Waals surface area contributed by atoms with Crippen molar-refractivity contribution in [2.75, 3.05) is 23.8 Å². The first-order valence-corrected chi connectivity index (χ1v) is 15.1. The van der Waals surface area contributed by atoms with E-state index in [1.807, 2.05) is 26.8 Å². The molecule has 1 aromatic rings. The molecule has 8 atom stereocenters. The van der Waals surface area contributed by atoms with Crippen molar-refractivity contribution in [1.29, 1.82) is 0 Å². The Labute approximate surface area is 252 Å². The first-order chi connectivity index (χ1) is 19.4. The first-order valence-electron chi connectivity index (χ1n) is 15.1. The summed E-state index contributed by atoms with van der Waals surface area (Å²) in [6, 6.07) is 4.06. The number of fused-ring (bicyclic) bond motifs is 1. The van der Waals surface area contributed by atoms with Crippen molar-refractivity contribution in [3.63, 3.8) is 0 Å². The summed E-state index contributed by atoms with van der Waals surface area (Å²) >= 11 is 0. The van der Waals surface area contributed by atoms with E-state index >= 15 is 0 Å². The molecule has 0 aromatic heterocycles. The molecule has 8 unspecified atom stereocenters. The van der Waals surface area contributed by atoms with Gasteiger partial charge in [-0.3, -0.25) is 0 Å². The highest BCUT2D eigenvalue weighted by Gasteiger charge is 2.50. The van der Waals surface area contributed by atoms with Crippen LogP contribution in [0.3, 0.4) is 0 Å². The second kappa shape index (κ2) is 15.5. The van der Waals surface area contributed by atoms with Crippen LogP contribution < -0.4 is 10.6 Å². The Morgan fingerprint density at radius 2 is 1.43 bits per heavy atom. The van der Waals surface area contributed by atoms with Gasteiger partial charge in [-0.15, -0.1) is 0 Å². The number of hydrogen-bond donors (Lipinski definition) is 3. The van der Waals surface area contributed by atoms with E-state index in [4.69, 9.17) is 38.9 Å². The molecule has 11 nitrogen and oxygen atoms in total. The van der Waals surface area contributed by atoms with Crippen molar-refractivity contribution in [2.45, 2.75) is 151 Å². The largest absolute Gasteiger partial charge is 0.398 e. The fraction of sp³-hybridized carbons (Fsp3) is 0.806. The van der Waals surface area contributed by atoms with Gasteiger partial charge in [0, 0.05) is 36.4 Å². The van der Waals surface area contributed by atoms with Gasteiger partial charge in [0.1, 0.15) is 0 Å². The average molecular weight is 601 g/mol. The van der Waals surface area contributed by atoms with E-state index in [9.17, 15) is 10.2 Å². The predicted octanol–water partition coefficient (Wildman–Crippen LogP) is 5.33. The van der Waals surface area contributed by atoms with Gasteiger partial charge < -0.3 is 54.0 Å². The summed E-state index contributed by atoms with van der Waals surface area (Å²) < 4.78 is 41.6. The van der Waals surface area contributed by atoms with Crippen LogP contribution in [0.5, 0.6) is 0 Å². The molecule has 0 bridgehead atoms. The predicted molar refractivity (Wildman–Crippen MR) is 161 cm³/mol. The maximum absolute atomic E-state index is 10.4. The molecule has 0 amide bonds. The second-order valence-electron chi connectivity index (χ2n) is 12.0. The number of nitrogen functional groups attached to an aromatic ring is 1. The van der Waals surface area contributed by atoms with E-state index in [1.165, 1.54) is 6.92 Å². The van der Waals surface area contributed by atoms with E-state index in [1.54, 1.807) is 27.7 Å². The normalized spacial score (nSPS) is 22.6. The lowest BCUT2D eigenvalue weighted by atomic mass is 9.77. The van der Waals surface area contributed by atoms with Gasteiger partial charge in [0.05, 0.1) is 6.61 Å². The van der Waals surface area contributed by atoms with Crippen molar-refractivity contribution >= 4 is 11.4 Å². The van der Waals surface area contributed by atoms with Gasteiger partial charge in [-0.1, -0.05) is 13.8 Å². The molecule has 42 heavy (non-hydrogen) atoms. The molecule has 0 saturated carbocycles. The number of benzene rings is 1. The first kappa shape index (κ1) is 36.7. The Morgan fingerprint density at radius 3 is 1.93 bits per heavy atom. The van der Waals surface area contributed by atoms with Crippen LogP contribution >= 0.6 is 0 Å². The minimum absolute atomic E-state index is 0.00594. The minimum atomic E-state index is -1.36. The summed E-state index contributed by atoms with van der Waals surface area (Å²) in [5, 5.41) is 19.8. The summed E-state index contributed by atoms with van der Waals surface area (Å²) in [5.74, 6) is -1.28. The van der Waals surface area contributed by atoms with Crippen LogP contribution in [0.4, 0.5) is 11.4 Å². The summed E-state index contributed by atoms with van der Waals surface area (Å²) in [6.45, 7) is 22.9. The number of nitrogens with two attached hydrogens (primary N) is 1. The Hall–Kier alpha value is -1.54. The van der Waals surface area contributed by atoms with Gasteiger partial charge >= 0.3 is 0 Å². The Balaban J connectivity index is 2.42. The van der Waals surface area contributed by atoms with Crippen LogP contribution in [-0.2, 0) is 33.2 Å². The molecule has 244 valence electrons. The maximum atomic E-state index is 10.4. The molecule has 0 spiro atoms. The third kappa shape index (κ3) is 9.73. The molecule has 1 heterocycles. The van der Waals surface area contributed by atoms with E-state index in [-0.39, 0.29) is 18.4 Å². The standard InChI is InChI=1S/C31H56N2O9/c1-13-36-20(5)41-31(12,42-24(9)40-23(8)39-22(7)38-21(6)37-19(4)35)33-29-15-26(18(2)3)28(32)14-27(29)25(17-34)16-30(33,10)11/h14-15,18-25,34-35H,13,16-17,32H2,1-12H3. The average Bonchev–Trinajstić information content (AvgIpc) is 2.81. The third-order valence-electron chi connectivity index (χ3n) is 7.22. The third-order valence-corrected chi connectivity index (χ3v) is 7.22. The summed E-state index contributed by atoms with van der Waals surface area (Å²) in [6.07, 6.45) is -3.77. The topological polar surface area (TPSA) is 134 Å². The highest BCUT2D eigenvalue weighted by molar-refractivity contribution is 5.68. The van der Waals surface area contributed by atoms with Gasteiger partial charge in [-0.25, -0.2) is 0 Å². The molecule has 2 rings (SSSR count). The Bertz CT molecular complexity index is 976. The highest BCUT2D eigenvalue weighted by atomic mass is 16.9. The zero-order chi connectivity index (χ0) is 32.0. The second-order valence-corrected chi connectivity index (χ2v) is 12.0. The summed E-state index contributed by atoms with van der Waals surface area (Å²) in [7, 11) is 0. The zero-order valence-electron chi connectivity index (χ0n) is 27.7. The number of aliphatic hydroxyl groups excluding tert-OH is 2. The van der Waals surface area contributed by atoms with Crippen molar-refractivity contribution in [3.8, 4) is 0 Å². The quantitative estimate of drug-likeness (QED) is 0.158. The van der Waals surface area contributed by atoms with Crippen molar-refractivity contribution < 1.29 is 43.4 Å². The molecule has 1 aliphatic rings. The molecule has 1 aromatic carbocycles. The minimum Gasteiger partial charge on any atom is -0.398 e. The SMILES string of the molecule is CCOC(C)OC(C)(OC(C)OC(C)OC(C)OC(C)OC(C)O)N1c2cc(C(C)C)c(N)cc2C(CO)CC1(C)C. The number of nitrogens with zero attached hydrogens (tertiary/aromatic N) is 1. The van der Waals surface area contributed by atoms with E-state index in [0.29, 0.717) is 18.7 Å². The number of ether oxygens (including phenoxy) is 7. The molecule has 0 aliphatic carbocycles. The zero-order valence-corrected chi connectivity index (χ0v) is 27.7. The molecular weight excluding hydrogens is 544 g/mol. The van der Waals surface area contributed by atoms with Gasteiger partial charge in [0.15, 0.2) is 37.7 Å². The van der Waals surface area contributed by atoms with Gasteiger partial charge in [0.2, 0.25) is 0 Å². The number of rotatable bonds is 17. The Kier molecular flexibility index (Phi) is 13.5. The lowest BCUT2D eigenvalue weighted by Gasteiger charge is -2.55. The highest BCUT2D eigenvalue weighted by Crippen LogP contribution is 2.50. The van der Waals surface area contributed by atoms with Crippen LogP contribution in [0.1, 0.15) is 112 Å². The summed E-state index contributed by atoms with van der Waals surface area (Å²) in [4.78, 5) is 2.11. The number of aliphatic hydroxyl groups is 2. The Morgan fingerprint density at radius 1 is 0.905 bits per heavy atom. The molecule has 0 radical (unpaired) electrons. The van der Waals surface area contributed by atoms with E-state index < -0.39 is 49.2 Å². The molecule has 1 aliphatic heterocycles. The fourth-order valence-electron chi connectivity index (χ4n) is 5.95. The fourth-order valence-corrected chi connectivity index (χ4v) is 5.95. The van der Waals surface area contributed by atoms with E-state index in [2.05, 4.69) is 38.7 Å². The number of anilines is 2. The lowest BCUT2D eigenvalue weighted by molar-refractivity contribution is -0.369. The van der Waals surface area contributed by atoms with Crippen molar-refractivity contribution in [2.24, 2.45) is 0 Å². The van der Waals surface area contributed by atoms with Crippen LogP contribution in [0.15, 0.2) is 12.1 Å². The van der Waals surface area contributed by atoms with Crippen LogP contribution in [0, 0.1) is 0 Å². The van der Waals surface area contributed by atoms with Crippen LogP contribution in [0.2, 0.25) is 0 Å². The van der Waals surface area contributed by atoms with Gasteiger partial charge in [-0.2, -0.15) is 0 Å². The van der Waals surface area contributed by atoms with Crippen molar-refractivity contribution in [3.05, 3.63) is 23.3 Å². The monoisotopic (exact) mass is 600 g/mol. The van der Waals surface area contributed by atoms with Gasteiger partial charge in [-0.05, 0) is 97.9 Å².